The smallest absolute Gasteiger partial charge is 0.328 e. The third-order valence-electron chi connectivity index (χ3n) is 2.29. The first-order valence-corrected chi connectivity index (χ1v) is 5.65. The molecule has 0 rings (SSSR count). The summed E-state index contributed by atoms with van der Waals surface area (Å²) in [5, 5.41) is 2.64. The van der Waals surface area contributed by atoms with Gasteiger partial charge >= 0.3 is 5.97 Å². The lowest BCUT2D eigenvalue weighted by Gasteiger charge is -2.22. The van der Waals surface area contributed by atoms with Crippen LogP contribution in [0.5, 0.6) is 0 Å². The van der Waals surface area contributed by atoms with Crippen LogP contribution in [0.1, 0.15) is 40.0 Å². The molecule has 5 heteroatoms. The minimum atomic E-state index is -0.674. The molecule has 0 aromatic carbocycles. The van der Waals surface area contributed by atoms with Gasteiger partial charge in [-0.15, -0.1) is 0 Å². The lowest BCUT2D eigenvalue weighted by Crippen LogP contribution is -2.46. The van der Waals surface area contributed by atoms with Gasteiger partial charge in [0.05, 0.1) is 7.11 Å². The zero-order valence-electron chi connectivity index (χ0n) is 10.9. The number of hydrogen-bond donors (Lipinski definition) is 1. The van der Waals surface area contributed by atoms with Crippen LogP contribution in [-0.4, -0.2) is 31.3 Å². The van der Waals surface area contributed by atoms with Gasteiger partial charge in [-0.3, -0.25) is 4.79 Å². The molecule has 1 unspecified atom stereocenters. The predicted molar refractivity (Wildman–Crippen MR) is 63.3 cm³/mol. The highest BCUT2D eigenvalue weighted by Gasteiger charge is 2.27. The van der Waals surface area contributed by atoms with Gasteiger partial charge in [0.1, 0.15) is 12.3 Å². The van der Waals surface area contributed by atoms with Gasteiger partial charge in [-0.1, -0.05) is 20.8 Å². The van der Waals surface area contributed by atoms with E-state index in [0.717, 1.165) is 6.29 Å². The monoisotopic (exact) mass is 243 g/mol. The molecule has 0 aromatic rings. The molecule has 1 amide bonds. The van der Waals surface area contributed by atoms with Crippen molar-refractivity contribution in [2.75, 3.05) is 7.11 Å². The molecule has 0 aliphatic rings. The minimum absolute atomic E-state index is 0.209. The van der Waals surface area contributed by atoms with Gasteiger partial charge in [0.2, 0.25) is 5.91 Å². The fraction of sp³-hybridized carbons (Fsp3) is 0.750. The Bertz CT molecular complexity index is 281. The number of esters is 1. The van der Waals surface area contributed by atoms with Crippen molar-refractivity contribution in [2.24, 2.45) is 5.41 Å². The summed E-state index contributed by atoms with van der Waals surface area (Å²) in [6.07, 6.45) is 2.12. The average molecular weight is 243 g/mol. The summed E-state index contributed by atoms with van der Waals surface area (Å²) in [5.41, 5.74) is -0.559. The first-order chi connectivity index (χ1) is 7.82. The third kappa shape index (κ3) is 6.04. The largest absolute Gasteiger partial charge is 0.467 e. The van der Waals surface area contributed by atoms with E-state index in [0.29, 0.717) is 19.3 Å². The molecule has 0 saturated heterocycles. The number of nitrogens with one attached hydrogen (secondary N) is 1. The van der Waals surface area contributed by atoms with E-state index in [1.165, 1.54) is 7.11 Å². The van der Waals surface area contributed by atoms with Gasteiger partial charge in [-0.2, -0.15) is 0 Å². The molecule has 5 nitrogen and oxygen atoms in total. The first-order valence-electron chi connectivity index (χ1n) is 5.65. The van der Waals surface area contributed by atoms with Crippen molar-refractivity contribution in [1.29, 1.82) is 0 Å². The molecule has 0 bridgehead atoms. The van der Waals surface area contributed by atoms with Crippen LogP contribution in [0.25, 0.3) is 0 Å². The van der Waals surface area contributed by atoms with Crippen molar-refractivity contribution < 1.29 is 19.1 Å². The number of amides is 1. The Morgan fingerprint density at radius 1 is 1.35 bits per heavy atom. The van der Waals surface area contributed by atoms with E-state index < -0.39 is 17.4 Å². The summed E-state index contributed by atoms with van der Waals surface area (Å²) in [4.78, 5) is 33.4. The van der Waals surface area contributed by atoms with Crippen LogP contribution in [0.2, 0.25) is 0 Å². The van der Waals surface area contributed by atoms with E-state index in [2.05, 4.69) is 10.1 Å². The maximum atomic E-state index is 11.7. The molecule has 0 aliphatic heterocycles. The lowest BCUT2D eigenvalue weighted by molar-refractivity contribution is -0.146. The summed E-state index contributed by atoms with van der Waals surface area (Å²) < 4.78 is 4.61. The van der Waals surface area contributed by atoms with Crippen molar-refractivity contribution in [1.82, 2.24) is 5.32 Å². The fourth-order valence-electron chi connectivity index (χ4n) is 1.17. The Morgan fingerprint density at radius 3 is 2.35 bits per heavy atom. The maximum Gasteiger partial charge on any atom is 0.328 e. The SMILES string of the molecule is COC(=O)C(CCCC=O)NC(=O)C(C)(C)C. The molecule has 1 N–H and O–H groups in total. The van der Waals surface area contributed by atoms with Crippen LogP contribution in [0, 0.1) is 5.41 Å². The number of hydrogen-bond acceptors (Lipinski definition) is 4. The van der Waals surface area contributed by atoms with Crippen LogP contribution in [-0.2, 0) is 19.1 Å². The summed E-state index contributed by atoms with van der Waals surface area (Å²) in [6.45, 7) is 5.30. The summed E-state index contributed by atoms with van der Waals surface area (Å²) in [6, 6.07) is -0.674. The predicted octanol–water partition coefficient (Wildman–Crippen LogP) is 1.06. The van der Waals surface area contributed by atoms with E-state index in [-0.39, 0.29) is 5.91 Å². The van der Waals surface area contributed by atoms with Gasteiger partial charge in [-0.05, 0) is 12.8 Å². The zero-order chi connectivity index (χ0) is 13.5. The van der Waals surface area contributed by atoms with Crippen LogP contribution < -0.4 is 5.32 Å². The number of rotatable bonds is 6. The molecule has 1 atom stereocenters. The molecule has 0 spiro atoms. The van der Waals surface area contributed by atoms with Gasteiger partial charge in [0, 0.05) is 11.8 Å². The normalized spacial score (nSPS) is 12.7. The quantitative estimate of drug-likeness (QED) is 0.430. The van der Waals surface area contributed by atoms with Gasteiger partial charge in [-0.25, -0.2) is 4.79 Å². The van der Waals surface area contributed by atoms with Crippen molar-refractivity contribution in [3.05, 3.63) is 0 Å². The van der Waals surface area contributed by atoms with E-state index >= 15 is 0 Å². The molecule has 0 radical (unpaired) electrons. The standard InChI is InChI=1S/C12H21NO4/c1-12(2,3)11(16)13-9(10(15)17-4)7-5-6-8-14/h8-9H,5-7H2,1-4H3,(H,13,16). The van der Waals surface area contributed by atoms with Gasteiger partial charge in [0.25, 0.3) is 0 Å². The number of carbonyl (C=O) groups excluding carboxylic acids is 3. The van der Waals surface area contributed by atoms with Crippen molar-refractivity contribution in [3.63, 3.8) is 0 Å². The van der Waals surface area contributed by atoms with E-state index in [1.807, 2.05) is 0 Å². The number of ether oxygens (including phenoxy) is 1. The molecule has 0 aromatic heterocycles. The Kier molecular flexibility index (Phi) is 6.46. The number of carbonyl (C=O) groups is 3. The highest BCUT2D eigenvalue weighted by atomic mass is 16.5. The molecule has 0 fully saturated rings. The minimum Gasteiger partial charge on any atom is -0.467 e. The van der Waals surface area contributed by atoms with Crippen LogP contribution in [0.4, 0.5) is 0 Å². The third-order valence-corrected chi connectivity index (χ3v) is 2.29. The second-order valence-electron chi connectivity index (χ2n) is 4.90. The average Bonchev–Trinajstić information content (AvgIpc) is 2.25. The van der Waals surface area contributed by atoms with E-state index in [9.17, 15) is 14.4 Å². The first kappa shape index (κ1) is 15.6. The molecular formula is C12H21NO4. The topological polar surface area (TPSA) is 72.5 Å². The molecule has 17 heavy (non-hydrogen) atoms. The molecule has 98 valence electrons. The van der Waals surface area contributed by atoms with Crippen LogP contribution in [0.3, 0.4) is 0 Å². The van der Waals surface area contributed by atoms with Crippen molar-refractivity contribution in [3.8, 4) is 0 Å². The maximum absolute atomic E-state index is 11.7. The Hall–Kier alpha value is -1.39. The number of unbranched alkanes of at least 4 members (excludes halogenated alkanes) is 1. The highest BCUT2D eigenvalue weighted by Crippen LogP contribution is 2.14. The fourth-order valence-corrected chi connectivity index (χ4v) is 1.17. The lowest BCUT2D eigenvalue weighted by atomic mass is 9.95. The molecular weight excluding hydrogens is 222 g/mol. The molecule has 0 heterocycles. The van der Waals surface area contributed by atoms with E-state index in [1.54, 1.807) is 20.8 Å². The molecule has 0 aliphatic carbocycles. The van der Waals surface area contributed by atoms with Crippen LogP contribution >= 0.6 is 0 Å². The Morgan fingerprint density at radius 2 is 1.94 bits per heavy atom. The van der Waals surface area contributed by atoms with Crippen LogP contribution in [0.15, 0.2) is 0 Å². The number of aldehydes is 1. The summed E-state index contributed by atoms with van der Waals surface area (Å²) >= 11 is 0. The number of methoxy groups -OCH3 is 1. The Balaban J connectivity index is 4.43. The van der Waals surface area contributed by atoms with Crippen molar-refractivity contribution in [2.45, 2.75) is 46.1 Å². The Labute approximate surface area is 102 Å². The van der Waals surface area contributed by atoms with E-state index in [4.69, 9.17) is 0 Å². The van der Waals surface area contributed by atoms with Gasteiger partial charge in [0.15, 0.2) is 0 Å². The zero-order valence-corrected chi connectivity index (χ0v) is 10.9. The summed E-state index contributed by atoms with van der Waals surface area (Å²) in [5.74, 6) is -0.687. The van der Waals surface area contributed by atoms with Crippen molar-refractivity contribution >= 4 is 18.2 Å². The molecule has 0 saturated carbocycles. The second kappa shape index (κ2) is 7.04. The second-order valence-corrected chi connectivity index (χ2v) is 4.90. The van der Waals surface area contributed by atoms with Gasteiger partial charge < -0.3 is 14.8 Å². The highest BCUT2D eigenvalue weighted by molar-refractivity contribution is 5.87. The summed E-state index contributed by atoms with van der Waals surface area (Å²) in [7, 11) is 1.28.